The molecule has 0 saturated carbocycles. The van der Waals surface area contributed by atoms with Gasteiger partial charge in [0, 0.05) is 5.56 Å². The first-order valence-electron chi connectivity index (χ1n) is 6.08. The van der Waals surface area contributed by atoms with Crippen molar-refractivity contribution < 1.29 is 9.53 Å². The minimum atomic E-state index is 0.246. The Morgan fingerprint density at radius 2 is 2.14 bits per heavy atom. The van der Waals surface area contributed by atoms with Gasteiger partial charge in [-0.25, -0.2) is 0 Å². The van der Waals surface area contributed by atoms with Crippen LogP contribution in [0.25, 0.3) is 16.4 Å². The van der Waals surface area contributed by atoms with Crippen LogP contribution in [0.1, 0.15) is 15.5 Å². The first-order chi connectivity index (χ1) is 10.2. The lowest BCUT2D eigenvalue weighted by Gasteiger charge is -2.05. The molecule has 106 valence electrons. The van der Waals surface area contributed by atoms with E-state index in [1.807, 2.05) is 31.2 Å². The van der Waals surface area contributed by atoms with Crippen LogP contribution in [0.2, 0.25) is 0 Å². The van der Waals surface area contributed by atoms with Crippen LogP contribution in [0, 0.1) is 6.92 Å². The van der Waals surface area contributed by atoms with E-state index in [2.05, 4.69) is 20.5 Å². The predicted octanol–water partition coefficient (Wildman–Crippen LogP) is 1.92. The van der Waals surface area contributed by atoms with E-state index in [1.165, 1.54) is 16.0 Å². The second-order valence-electron chi connectivity index (χ2n) is 4.19. The number of nitrogens with zero attached hydrogens (tertiary/aromatic N) is 5. The number of carbonyl (C=O) groups excluding carboxylic acids is 1. The summed E-state index contributed by atoms with van der Waals surface area (Å²) in [5.74, 6) is 0.686. The maximum atomic E-state index is 11.2. The standard InChI is InChI=1S/C13H11N5O2S/c1-8-14-16-13(21-8)18-12(11(7-19)15-17-18)9-4-3-5-10(6-9)20-2/h3-7H,1-2H3. The van der Waals surface area contributed by atoms with E-state index in [4.69, 9.17) is 4.74 Å². The molecule has 0 fully saturated rings. The number of hydrogen-bond acceptors (Lipinski definition) is 7. The Morgan fingerprint density at radius 1 is 1.29 bits per heavy atom. The molecule has 8 heteroatoms. The molecule has 3 rings (SSSR count). The molecule has 0 amide bonds. The highest BCUT2D eigenvalue weighted by molar-refractivity contribution is 7.13. The van der Waals surface area contributed by atoms with Crippen LogP contribution in [-0.4, -0.2) is 38.6 Å². The normalized spacial score (nSPS) is 10.6. The van der Waals surface area contributed by atoms with Crippen LogP contribution in [0.3, 0.4) is 0 Å². The van der Waals surface area contributed by atoms with E-state index in [0.717, 1.165) is 10.6 Å². The molecule has 21 heavy (non-hydrogen) atoms. The van der Waals surface area contributed by atoms with Gasteiger partial charge >= 0.3 is 0 Å². The molecule has 0 bridgehead atoms. The highest BCUT2D eigenvalue weighted by Crippen LogP contribution is 2.28. The Balaban J connectivity index is 2.20. The second kappa shape index (κ2) is 5.41. The molecule has 1 aromatic carbocycles. The predicted molar refractivity (Wildman–Crippen MR) is 76.9 cm³/mol. The average molecular weight is 301 g/mol. The highest BCUT2D eigenvalue weighted by atomic mass is 32.1. The second-order valence-corrected chi connectivity index (χ2v) is 5.35. The van der Waals surface area contributed by atoms with Crippen LogP contribution in [0.15, 0.2) is 24.3 Å². The van der Waals surface area contributed by atoms with Gasteiger partial charge in [0.15, 0.2) is 12.0 Å². The van der Waals surface area contributed by atoms with Crippen LogP contribution in [-0.2, 0) is 0 Å². The van der Waals surface area contributed by atoms with E-state index in [9.17, 15) is 4.79 Å². The summed E-state index contributed by atoms with van der Waals surface area (Å²) >= 11 is 1.37. The lowest BCUT2D eigenvalue weighted by Crippen LogP contribution is -2.00. The minimum absolute atomic E-state index is 0.246. The summed E-state index contributed by atoms with van der Waals surface area (Å²) in [5.41, 5.74) is 1.59. The molecule has 0 unspecified atom stereocenters. The lowest BCUT2D eigenvalue weighted by molar-refractivity contribution is 0.111. The summed E-state index contributed by atoms with van der Waals surface area (Å²) in [6.07, 6.45) is 0.673. The third-order valence-corrected chi connectivity index (χ3v) is 3.66. The van der Waals surface area contributed by atoms with Gasteiger partial charge in [-0.2, -0.15) is 4.68 Å². The quantitative estimate of drug-likeness (QED) is 0.685. The zero-order valence-electron chi connectivity index (χ0n) is 11.3. The van der Waals surface area contributed by atoms with Crippen LogP contribution >= 0.6 is 11.3 Å². The molecule has 0 aliphatic carbocycles. The zero-order valence-corrected chi connectivity index (χ0v) is 12.2. The maximum Gasteiger partial charge on any atom is 0.234 e. The fourth-order valence-corrected chi connectivity index (χ4v) is 2.56. The van der Waals surface area contributed by atoms with Crippen LogP contribution < -0.4 is 4.74 Å². The lowest BCUT2D eigenvalue weighted by atomic mass is 10.1. The molecule has 7 nitrogen and oxygen atoms in total. The van der Waals surface area contributed by atoms with Crippen molar-refractivity contribution in [3.8, 4) is 22.1 Å². The largest absolute Gasteiger partial charge is 0.497 e. The first kappa shape index (κ1) is 13.4. The molecular formula is C13H11N5O2S. The first-order valence-corrected chi connectivity index (χ1v) is 6.90. The van der Waals surface area contributed by atoms with E-state index in [1.54, 1.807) is 7.11 Å². The number of ether oxygens (including phenoxy) is 1. The Morgan fingerprint density at radius 3 is 2.81 bits per heavy atom. The van der Waals surface area contributed by atoms with Gasteiger partial charge in [0.1, 0.15) is 16.5 Å². The number of methoxy groups -OCH3 is 1. The number of aldehydes is 1. The van der Waals surface area contributed by atoms with E-state index >= 15 is 0 Å². The van der Waals surface area contributed by atoms with Crippen molar-refractivity contribution in [1.29, 1.82) is 0 Å². The van der Waals surface area contributed by atoms with E-state index in [0.29, 0.717) is 22.9 Å². The summed E-state index contributed by atoms with van der Waals surface area (Å²) in [6.45, 7) is 1.85. The van der Waals surface area contributed by atoms with Crippen molar-refractivity contribution in [2.45, 2.75) is 6.92 Å². The minimum Gasteiger partial charge on any atom is -0.497 e. The molecule has 3 aromatic rings. The molecule has 0 N–H and O–H groups in total. The Hall–Kier alpha value is -2.61. The number of carbonyl (C=O) groups is 1. The third kappa shape index (κ3) is 2.40. The molecule has 2 heterocycles. The maximum absolute atomic E-state index is 11.2. The topological polar surface area (TPSA) is 82.8 Å². The van der Waals surface area contributed by atoms with Crippen LogP contribution in [0.4, 0.5) is 0 Å². The fraction of sp³-hybridized carbons (Fsp3) is 0.154. The summed E-state index contributed by atoms with van der Waals surface area (Å²) in [5, 5.41) is 17.3. The molecule has 0 radical (unpaired) electrons. The van der Waals surface area contributed by atoms with Crippen molar-refractivity contribution in [3.63, 3.8) is 0 Å². The Labute approximate surface area is 124 Å². The van der Waals surface area contributed by atoms with Gasteiger partial charge in [0.25, 0.3) is 0 Å². The van der Waals surface area contributed by atoms with Gasteiger partial charge in [-0.05, 0) is 19.1 Å². The van der Waals surface area contributed by atoms with Gasteiger partial charge in [-0.15, -0.1) is 15.3 Å². The van der Waals surface area contributed by atoms with Crippen molar-refractivity contribution >= 4 is 17.6 Å². The SMILES string of the molecule is COc1cccc(-c2c(C=O)nnn2-c2nnc(C)s2)c1. The van der Waals surface area contributed by atoms with Crippen molar-refractivity contribution in [3.05, 3.63) is 35.0 Å². The van der Waals surface area contributed by atoms with E-state index in [-0.39, 0.29) is 5.69 Å². The van der Waals surface area contributed by atoms with Gasteiger partial charge in [0.2, 0.25) is 5.13 Å². The number of rotatable bonds is 4. The van der Waals surface area contributed by atoms with Crippen LogP contribution in [0.5, 0.6) is 5.75 Å². The molecule has 0 aliphatic rings. The summed E-state index contributed by atoms with van der Waals surface area (Å²) in [4.78, 5) is 11.2. The Kier molecular flexibility index (Phi) is 3.44. The molecule has 0 spiro atoms. The number of aryl methyl sites for hydroxylation is 1. The molecular weight excluding hydrogens is 290 g/mol. The zero-order chi connectivity index (χ0) is 14.8. The van der Waals surface area contributed by atoms with Crippen molar-refractivity contribution in [1.82, 2.24) is 25.2 Å². The monoisotopic (exact) mass is 301 g/mol. The van der Waals surface area contributed by atoms with Gasteiger partial charge in [-0.1, -0.05) is 28.7 Å². The summed E-state index contributed by atoms with van der Waals surface area (Å²) in [6, 6.07) is 7.34. The third-order valence-electron chi connectivity index (χ3n) is 2.85. The summed E-state index contributed by atoms with van der Waals surface area (Å²) in [7, 11) is 1.59. The smallest absolute Gasteiger partial charge is 0.234 e. The molecule has 0 aliphatic heterocycles. The number of hydrogen-bond donors (Lipinski definition) is 0. The average Bonchev–Trinajstić information content (AvgIpc) is 3.12. The number of aromatic nitrogens is 5. The van der Waals surface area contributed by atoms with Gasteiger partial charge in [-0.3, -0.25) is 4.79 Å². The van der Waals surface area contributed by atoms with E-state index < -0.39 is 0 Å². The Bertz CT molecular complexity index is 795. The van der Waals surface area contributed by atoms with Gasteiger partial charge in [0.05, 0.1) is 7.11 Å². The highest BCUT2D eigenvalue weighted by Gasteiger charge is 2.18. The van der Waals surface area contributed by atoms with Crippen molar-refractivity contribution in [2.24, 2.45) is 0 Å². The molecule has 2 aromatic heterocycles. The fourth-order valence-electron chi connectivity index (χ4n) is 1.92. The summed E-state index contributed by atoms with van der Waals surface area (Å²) < 4.78 is 6.73. The van der Waals surface area contributed by atoms with Gasteiger partial charge < -0.3 is 4.74 Å². The number of benzene rings is 1. The molecule has 0 atom stereocenters. The molecule has 0 saturated heterocycles. The van der Waals surface area contributed by atoms with Crippen molar-refractivity contribution in [2.75, 3.05) is 7.11 Å².